The number of hydrogen-bond donors (Lipinski definition) is 5. The average Bonchev–Trinajstić information content (AvgIpc) is 3.69. The first kappa shape index (κ1) is 31.6. The molecule has 6 N–H and O–H groups in total. The van der Waals surface area contributed by atoms with Crippen LogP contribution in [0.25, 0.3) is 11.1 Å². The number of carboxylic acid groups (broad SMARTS) is 2. The Bertz CT molecular complexity index is 1640. The molecule has 1 fully saturated rings. The van der Waals surface area contributed by atoms with Crippen LogP contribution in [0.1, 0.15) is 17.0 Å². The zero-order valence-electron chi connectivity index (χ0n) is 21.6. The summed E-state index contributed by atoms with van der Waals surface area (Å²) in [6.45, 7) is 0. The van der Waals surface area contributed by atoms with Crippen molar-refractivity contribution in [3.05, 3.63) is 83.9 Å². The molecule has 11 nitrogen and oxygen atoms in total. The van der Waals surface area contributed by atoms with E-state index in [4.69, 9.17) is 20.8 Å². The van der Waals surface area contributed by atoms with Crippen LogP contribution in [0.5, 0.6) is 0 Å². The molecule has 0 radical (unpaired) electrons. The predicted molar refractivity (Wildman–Crippen MR) is 144 cm³/mol. The highest BCUT2D eigenvalue weighted by Gasteiger charge is 2.60. The number of hydrogen-bond acceptors (Lipinski definition) is 7. The van der Waals surface area contributed by atoms with E-state index < -0.39 is 51.6 Å². The smallest absolute Gasteiger partial charge is 0.481 e. The lowest BCUT2D eigenvalue weighted by atomic mass is 10.0. The number of nitrogens with two attached hydrogens (primary N) is 1. The van der Waals surface area contributed by atoms with Gasteiger partial charge in [0.2, 0.25) is 5.91 Å². The van der Waals surface area contributed by atoms with Crippen molar-refractivity contribution >= 4 is 39.2 Å². The number of halogens is 3. The Labute approximate surface area is 237 Å². The molecule has 3 unspecified atom stereocenters. The van der Waals surface area contributed by atoms with Crippen LogP contribution in [0.2, 0.25) is 0 Å². The van der Waals surface area contributed by atoms with E-state index in [0.717, 1.165) is 6.26 Å². The molecule has 3 aromatic carbocycles. The molecule has 1 aliphatic carbocycles. The number of alkyl halides is 3. The van der Waals surface area contributed by atoms with Crippen molar-refractivity contribution in [2.45, 2.75) is 17.0 Å². The second-order valence-corrected chi connectivity index (χ2v) is 11.1. The summed E-state index contributed by atoms with van der Waals surface area (Å²) in [5.41, 5.74) is 8.33. The van der Waals surface area contributed by atoms with Gasteiger partial charge in [-0.1, -0.05) is 53.7 Å². The Hall–Kier alpha value is -4.92. The number of carbonyl (C=O) groups excluding carboxylic acids is 1. The van der Waals surface area contributed by atoms with Crippen molar-refractivity contribution in [3.8, 4) is 11.1 Å². The molecule has 15 heteroatoms. The molecule has 222 valence electrons. The Morgan fingerprint density at radius 3 is 2.05 bits per heavy atom. The standard InChI is InChI=1S/C25H23N3O6S.C2HF3O2/c1-35(33,34)19-8-3-2-7-18(19)14-9-11-17(12-10-14)27-24(29)21-20(22(21)25(30)31)15-5-4-6-16(13-15)23(26)28-32;3-2(4,5)1(6)7/h2-13,20-22,32H,1H3,(H2,26,28)(H,27,29)(H,30,31);(H,6,7). The molecule has 42 heavy (non-hydrogen) atoms. The highest BCUT2D eigenvalue weighted by atomic mass is 32.2. The van der Waals surface area contributed by atoms with Crippen molar-refractivity contribution < 1.29 is 51.4 Å². The number of carbonyl (C=O) groups is 3. The van der Waals surface area contributed by atoms with Crippen LogP contribution in [0, 0.1) is 11.8 Å². The van der Waals surface area contributed by atoms with Crippen LogP contribution in [0.4, 0.5) is 18.9 Å². The van der Waals surface area contributed by atoms with Crippen LogP contribution in [0.15, 0.2) is 82.8 Å². The zero-order valence-corrected chi connectivity index (χ0v) is 22.4. The number of oxime groups is 1. The Morgan fingerprint density at radius 2 is 1.52 bits per heavy atom. The van der Waals surface area contributed by atoms with Crippen LogP contribution in [-0.2, 0) is 24.2 Å². The summed E-state index contributed by atoms with van der Waals surface area (Å²) < 4.78 is 55.9. The molecule has 0 spiro atoms. The van der Waals surface area contributed by atoms with Crippen LogP contribution >= 0.6 is 0 Å². The second-order valence-electron chi connectivity index (χ2n) is 9.16. The van der Waals surface area contributed by atoms with Crippen molar-refractivity contribution in [1.82, 2.24) is 0 Å². The van der Waals surface area contributed by atoms with Crippen molar-refractivity contribution in [2.75, 3.05) is 11.6 Å². The Balaban J connectivity index is 0.000000616. The summed E-state index contributed by atoms with van der Waals surface area (Å²) in [5.74, 6) is -6.65. The minimum absolute atomic E-state index is 0.113. The predicted octanol–water partition coefficient (Wildman–Crippen LogP) is 3.54. The van der Waals surface area contributed by atoms with Gasteiger partial charge in [0.1, 0.15) is 0 Å². The fraction of sp³-hybridized carbons (Fsp3) is 0.185. The molecule has 0 saturated heterocycles. The van der Waals surface area contributed by atoms with E-state index in [0.29, 0.717) is 27.9 Å². The van der Waals surface area contributed by atoms with E-state index in [9.17, 15) is 36.3 Å². The third-order valence-electron chi connectivity index (χ3n) is 6.28. The first-order valence-corrected chi connectivity index (χ1v) is 13.8. The maximum Gasteiger partial charge on any atom is 0.490 e. The molecule has 0 heterocycles. The molecular formula is C27H24F3N3O8S. The molecule has 0 bridgehead atoms. The number of amides is 1. The summed E-state index contributed by atoms with van der Waals surface area (Å²) in [4.78, 5) is 33.8. The van der Waals surface area contributed by atoms with Gasteiger partial charge in [0.15, 0.2) is 15.7 Å². The van der Waals surface area contributed by atoms with E-state index in [1.54, 1.807) is 66.7 Å². The molecule has 1 saturated carbocycles. The van der Waals surface area contributed by atoms with E-state index in [-0.39, 0.29) is 10.7 Å². The minimum atomic E-state index is -5.08. The molecule has 3 atom stereocenters. The highest BCUT2D eigenvalue weighted by molar-refractivity contribution is 7.90. The van der Waals surface area contributed by atoms with Gasteiger partial charge in [-0.3, -0.25) is 9.59 Å². The highest BCUT2D eigenvalue weighted by Crippen LogP contribution is 2.54. The van der Waals surface area contributed by atoms with Gasteiger partial charge in [-0.25, -0.2) is 13.2 Å². The SMILES string of the molecule is CS(=O)(=O)c1ccccc1-c1ccc(NC(=O)C2C(C(=O)O)C2c2cccc(/C(N)=N/O)c2)cc1.O=C(O)C(F)(F)F. The number of anilines is 1. The van der Waals surface area contributed by atoms with Gasteiger partial charge >= 0.3 is 18.1 Å². The van der Waals surface area contributed by atoms with Crippen molar-refractivity contribution in [3.63, 3.8) is 0 Å². The van der Waals surface area contributed by atoms with E-state index in [1.807, 2.05) is 0 Å². The van der Waals surface area contributed by atoms with Gasteiger partial charge < -0.3 is 26.5 Å². The normalized spacial score (nSPS) is 18.3. The van der Waals surface area contributed by atoms with E-state index >= 15 is 0 Å². The topological polar surface area (TPSA) is 196 Å². The number of carboxylic acids is 2. The lowest BCUT2D eigenvalue weighted by Crippen LogP contribution is -2.21. The van der Waals surface area contributed by atoms with E-state index in [2.05, 4.69) is 10.5 Å². The lowest BCUT2D eigenvalue weighted by Gasteiger charge is -2.10. The monoisotopic (exact) mass is 607 g/mol. The third kappa shape index (κ3) is 7.42. The molecule has 0 aromatic heterocycles. The van der Waals surface area contributed by atoms with Gasteiger partial charge in [0, 0.05) is 29.0 Å². The van der Waals surface area contributed by atoms with Gasteiger partial charge in [-0.05, 0) is 35.4 Å². The summed E-state index contributed by atoms with van der Waals surface area (Å²) in [6, 6.07) is 19.9. The number of rotatable bonds is 7. The van der Waals surface area contributed by atoms with Gasteiger partial charge in [0.05, 0.1) is 16.7 Å². The molecule has 1 aliphatic rings. The number of benzene rings is 3. The maximum atomic E-state index is 12.9. The first-order chi connectivity index (χ1) is 19.6. The lowest BCUT2D eigenvalue weighted by molar-refractivity contribution is -0.192. The molecule has 3 aromatic rings. The molecule has 4 rings (SSSR count). The minimum Gasteiger partial charge on any atom is -0.481 e. The molecule has 0 aliphatic heterocycles. The maximum absolute atomic E-state index is 12.9. The van der Waals surface area contributed by atoms with Gasteiger partial charge in [-0.15, -0.1) is 0 Å². The third-order valence-corrected chi connectivity index (χ3v) is 7.43. The number of amidine groups is 1. The number of aliphatic carboxylic acids is 2. The Morgan fingerprint density at radius 1 is 0.929 bits per heavy atom. The zero-order chi connectivity index (χ0) is 31.4. The van der Waals surface area contributed by atoms with Crippen LogP contribution in [0.3, 0.4) is 0 Å². The Kier molecular flexibility index (Phi) is 9.26. The largest absolute Gasteiger partial charge is 0.490 e. The summed E-state index contributed by atoms with van der Waals surface area (Å²) in [7, 11) is -3.43. The van der Waals surface area contributed by atoms with Crippen molar-refractivity contribution in [2.24, 2.45) is 22.7 Å². The van der Waals surface area contributed by atoms with Crippen LogP contribution < -0.4 is 11.1 Å². The number of nitrogens with one attached hydrogen (secondary N) is 1. The fourth-order valence-electron chi connectivity index (χ4n) is 4.31. The fourth-order valence-corrected chi connectivity index (χ4v) is 5.22. The first-order valence-electron chi connectivity index (χ1n) is 11.9. The van der Waals surface area contributed by atoms with E-state index in [1.165, 1.54) is 6.07 Å². The summed E-state index contributed by atoms with van der Waals surface area (Å²) >= 11 is 0. The summed E-state index contributed by atoms with van der Waals surface area (Å²) in [6.07, 6.45) is -3.94. The quantitative estimate of drug-likeness (QED) is 0.115. The average molecular weight is 608 g/mol. The molecular weight excluding hydrogens is 583 g/mol. The number of nitrogens with zero attached hydrogens (tertiary/aromatic N) is 1. The van der Waals surface area contributed by atoms with Gasteiger partial charge in [-0.2, -0.15) is 13.2 Å². The van der Waals surface area contributed by atoms with Crippen molar-refractivity contribution in [1.29, 1.82) is 0 Å². The van der Waals surface area contributed by atoms with Gasteiger partial charge in [0.25, 0.3) is 0 Å². The molecule has 1 amide bonds. The summed E-state index contributed by atoms with van der Waals surface area (Å²) in [5, 5.41) is 31.4. The second kappa shape index (κ2) is 12.3. The number of sulfone groups is 1. The van der Waals surface area contributed by atoms with Crippen LogP contribution in [-0.4, -0.2) is 60.0 Å².